The maximum Gasteiger partial charge on any atom is 0.264 e. The van der Waals surface area contributed by atoms with Crippen LogP contribution >= 0.6 is 0 Å². The van der Waals surface area contributed by atoms with E-state index in [0.717, 1.165) is 15.4 Å². The van der Waals surface area contributed by atoms with Crippen LogP contribution in [0.15, 0.2) is 108 Å². The first-order valence-electron chi connectivity index (χ1n) is 13.6. The number of nitrogens with one attached hydrogen (secondary N) is 1. The van der Waals surface area contributed by atoms with Crippen LogP contribution in [0.5, 0.6) is 5.75 Å². The molecule has 0 saturated heterocycles. The second kappa shape index (κ2) is 14.0. The lowest BCUT2D eigenvalue weighted by molar-refractivity contribution is -0.139. The topological polar surface area (TPSA) is 96.0 Å². The molecule has 4 aromatic rings. The van der Waals surface area contributed by atoms with E-state index in [1.54, 1.807) is 24.3 Å². The number of benzene rings is 4. The summed E-state index contributed by atoms with van der Waals surface area (Å²) in [5.74, 6) is -0.979. The van der Waals surface area contributed by atoms with E-state index in [9.17, 15) is 22.4 Å². The predicted octanol–water partition coefficient (Wildman–Crippen LogP) is 4.72. The molecule has 0 radical (unpaired) electrons. The zero-order valence-electron chi connectivity index (χ0n) is 24.2. The number of hydrogen-bond donors (Lipinski definition) is 1. The van der Waals surface area contributed by atoms with Gasteiger partial charge in [0.05, 0.1) is 17.7 Å². The minimum atomic E-state index is -4.23. The fourth-order valence-electron chi connectivity index (χ4n) is 4.62. The van der Waals surface area contributed by atoms with Crippen LogP contribution in [0.25, 0.3) is 0 Å². The third kappa shape index (κ3) is 7.78. The third-order valence-electron chi connectivity index (χ3n) is 7.03. The Morgan fingerprint density at radius 3 is 2.07 bits per heavy atom. The van der Waals surface area contributed by atoms with Gasteiger partial charge in [0.2, 0.25) is 11.8 Å². The molecule has 0 spiro atoms. The molecule has 1 N–H and O–H groups in total. The Labute approximate surface area is 251 Å². The summed E-state index contributed by atoms with van der Waals surface area (Å²) in [7, 11) is -1.27. The van der Waals surface area contributed by atoms with Gasteiger partial charge >= 0.3 is 0 Å². The van der Waals surface area contributed by atoms with Crippen LogP contribution in [0.1, 0.15) is 16.7 Å². The van der Waals surface area contributed by atoms with Crippen LogP contribution < -0.4 is 14.4 Å². The fraction of sp³-hybridized carbons (Fsp3) is 0.212. The first-order chi connectivity index (χ1) is 20.6. The number of carbonyl (C=O) groups is 2. The van der Waals surface area contributed by atoms with E-state index in [1.807, 2.05) is 37.3 Å². The van der Waals surface area contributed by atoms with Crippen LogP contribution in [0, 0.1) is 12.7 Å². The van der Waals surface area contributed by atoms with Gasteiger partial charge in [0.15, 0.2) is 0 Å². The number of aryl methyl sites for hydroxylation is 1. The number of hydrogen-bond acceptors (Lipinski definition) is 5. The van der Waals surface area contributed by atoms with Crippen molar-refractivity contribution in [2.24, 2.45) is 0 Å². The number of anilines is 1. The molecule has 4 aromatic carbocycles. The van der Waals surface area contributed by atoms with Gasteiger partial charge in [-0.15, -0.1) is 0 Å². The molecule has 0 aromatic heterocycles. The average Bonchev–Trinajstić information content (AvgIpc) is 3.03. The van der Waals surface area contributed by atoms with Crippen molar-refractivity contribution >= 4 is 27.5 Å². The largest absolute Gasteiger partial charge is 0.497 e. The molecule has 0 unspecified atom stereocenters. The number of amides is 2. The van der Waals surface area contributed by atoms with Crippen molar-refractivity contribution in [1.29, 1.82) is 0 Å². The molecule has 0 fully saturated rings. The van der Waals surface area contributed by atoms with Crippen molar-refractivity contribution in [2.45, 2.75) is 30.8 Å². The van der Waals surface area contributed by atoms with Crippen molar-refractivity contribution < 1.29 is 27.1 Å². The molecule has 4 rings (SSSR count). The van der Waals surface area contributed by atoms with Crippen LogP contribution in [-0.2, 0) is 32.6 Å². The van der Waals surface area contributed by atoms with Crippen LogP contribution in [0.2, 0.25) is 0 Å². The Bertz CT molecular complexity index is 1630. The van der Waals surface area contributed by atoms with E-state index in [4.69, 9.17) is 4.74 Å². The Kier molecular flexibility index (Phi) is 10.2. The van der Waals surface area contributed by atoms with Crippen molar-refractivity contribution in [3.63, 3.8) is 0 Å². The minimum Gasteiger partial charge on any atom is -0.497 e. The number of ether oxygens (including phenoxy) is 1. The third-order valence-corrected chi connectivity index (χ3v) is 8.82. The molecule has 0 saturated carbocycles. The summed E-state index contributed by atoms with van der Waals surface area (Å²) >= 11 is 0. The molecule has 0 aliphatic carbocycles. The second-order valence-corrected chi connectivity index (χ2v) is 11.9. The number of methoxy groups -OCH3 is 1. The Morgan fingerprint density at radius 2 is 1.49 bits per heavy atom. The van der Waals surface area contributed by atoms with Gasteiger partial charge in [0.1, 0.15) is 24.2 Å². The average molecular weight is 604 g/mol. The number of rotatable bonds is 12. The lowest BCUT2D eigenvalue weighted by atomic mass is 10.0. The molecule has 0 aliphatic rings. The van der Waals surface area contributed by atoms with Gasteiger partial charge in [-0.1, -0.05) is 60.2 Å². The molecule has 0 aliphatic heterocycles. The molecule has 0 heterocycles. The van der Waals surface area contributed by atoms with Gasteiger partial charge in [-0.3, -0.25) is 13.9 Å². The SMILES string of the molecule is CNC(=O)[C@@H](Cc1ccccc1)N(Cc1ccc(F)cc1)C(=O)CN(c1ccc(C)cc1)S(=O)(=O)c1ccc(OC)cc1. The van der Waals surface area contributed by atoms with Crippen molar-refractivity contribution in [3.05, 3.63) is 126 Å². The number of carbonyl (C=O) groups excluding carboxylic acids is 2. The minimum absolute atomic E-state index is 0.0288. The summed E-state index contributed by atoms with van der Waals surface area (Å²) in [6.45, 7) is 1.24. The first-order valence-corrected chi connectivity index (χ1v) is 15.1. The lowest BCUT2D eigenvalue weighted by Gasteiger charge is -2.33. The van der Waals surface area contributed by atoms with E-state index >= 15 is 0 Å². The van der Waals surface area contributed by atoms with Crippen molar-refractivity contribution in [2.75, 3.05) is 25.0 Å². The first kappa shape index (κ1) is 31.2. The zero-order chi connectivity index (χ0) is 31.0. The summed E-state index contributed by atoms with van der Waals surface area (Å²) in [5.41, 5.74) is 2.60. The number of nitrogens with zero attached hydrogens (tertiary/aromatic N) is 2. The maximum atomic E-state index is 14.2. The summed E-state index contributed by atoms with van der Waals surface area (Å²) in [6.07, 6.45) is 0.184. The van der Waals surface area contributed by atoms with Gasteiger partial charge in [0.25, 0.3) is 10.0 Å². The molecular formula is C33H34FN3O5S. The monoisotopic (exact) mass is 603 g/mol. The molecular weight excluding hydrogens is 569 g/mol. The van der Waals surface area contributed by atoms with Crippen molar-refractivity contribution in [3.8, 4) is 5.75 Å². The Hall–Kier alpha value is -4.70. The number of halogens is 1. The van der Waals surface area contributed by atoms with Gasteiger partial charge in [-0.2, -0.15) is 0 Å². The molecule has 8 nitrogen and oxygen atoms in total. The number of sulfonamides is 1. The van der Waals surface area contributed by atoms with E-state index in [0.29, 0.717) is 11.3 Å². The van der Waals surface area contributed by atoms with Gasteiger partial charge in [-0.25, -0.2) is 12.8 Å². The quantitative estimate of drug-likeness (QED) is 0.253. The molecule has 224 valence electrons. The normalized spacial score (nSPS) is 11.8. The lowest BCUT2D eigenvalue weighted by Crippen LogP contribution is -2.53. The van der Waals surface area contributed by atoms with Crippen molar-refractivity contribution in [1.82, 2.24) is 10.2 Å². The van der Waals surface area contributed by atoms with Crippen LogP contribution in [-0.4, -0.2) is 51.9 Å². The second-order valence-electron chi connectivity index (χ2n) is 9.99. The highest BCUT2D eigenvalue weighted by Crippen LogP contribution is 2.26. The van der Waals surface area contributed by atoms with E-state index in [2.05, 4.69) is 5.32 Å². The van der Waals surface area contributed by atoms with E-state index in [1.165, 1.54) is 67.6 Å². The Morgan fingerprint density at radius 1 is 0.860 bits per heavy atom. The van der Waals surface area contributed by atoms with Gasteiger partial charge in [0, 0.05) is 20.0 Å². The predicted molar refractivity (Wildman–Crippen MR) is 164 cm³/mol. The highest BCUT2D eigenvalue weighted by atomic mass is 32.2. The smallest absolute Gasteiger partial charge is 0.264 e. The van der Waals surface area contributed by atoms with Gasteiger partial charge < -0.3 is 15.0 Å². The summed E-state index contributed by atoms with van der Waals surface area (Å²) in [4.78, 5) is 28.8. The summed E-state index contributed by atoms with van der Waals surface area (Å²) < 4.78 is 48.0. The van der Waals surface area contributed by atoms with Gasteiger partial charge in [-0.05, 0) is 66.6 Å². The standard InChI is InChI=1S/C33H34FN3O5S/c1-24-9-15-28(16-10-24)37(43(40,41)30-19-17-29(42-3)18-20-30)23-32(38)36(22-26-11-13-27(34)14-12-26)31(33(39)35-2)21-25-7-5-4-6-8-25/h4-20,31H,21-23H2,1-3H3,(H,35,39)/t31-/m1/s1. The molecule has 2 amide bonds. The van der Waals surface area contributed by atoms with E-state index < -0.39 is 40.2 Å². The summed E-state index contributed by atoms with van der Waals surface area (Å²) in [5, 5.41) is 2.64. The maximum absolute atomic E-state index is 14.2. The Balaban J connectivity index is 1.77. The highest BCUT2D eigenvalue weighted by molar-refractivity contribution is 7.92. The highest BCUT2D eigenvalue weighted by Gasteiger charge is 2.34. The summed E-state index contributed by atoms with van der Waals surface area (Å²) in [6, 6.07) is 26.5. The van der Waals surface area contributed by atoms with Crippen LogP contribution in [0.4, 0.5) is 10.1 Å². The zero-order valence-corrected chi connectivity index (χ0v) is 25.1. The van der Waals surface area contributed by atoms with Crippen LogP contribution in [0.3, 0.4) is 0 Å². The molecule has 1 atom stereocenters. The molecule has 43 heavy (non-hydrogen) atoms. The molecule has 10 heteroatoms. The molecule has 0 bridgehead atoms. The fourth-order valence-corrected chi connectivity index (χ4v) is 6.04. The van der Waals surface area contributed by atoms with E-state index in [-0.39, 0.29) is 23.5 Å². The number of likely N-dealkylation sites (N-methyl/N-ethyl adjacent to an activating group) is 1.